The molecule has 0 saturated carbocycles. The van der Waals surface area contributed by atoms with Crippen LogP contribution in [0.3, 0.4) is 0 Å². The predicted octanol–water partition coefficient (Wildman–Crippen LogP) is 2.94. The van der Waals surface area contributed by atoms with E-state index < -0.39 is 29.6 Å². The second-order valence-corrected chi connectivity index (χ2v) is 8.78. The Morgan fingerprint density at radius 1 is 0.944 bits per heavy atom. The number of amides is 3. The Morgan fingerprint density at radius 2 is 1.61 bits per heavy atom. The maximum absolute atomic E-state index is 13.1. The number of hydrogen-bond acceptors (Lipinski definition) is 5. The summed E-state index contributed by atoms with van der Waals surface area (Å²) in [7, 11) is 0. The Bertz CT molecular complexity index is 1300. The number of fused-ring (bicyclic) bond motifs is 1. The van der Waals surface area contributed by atoms with Gasteiger partial charge in [-0.1, -0.05) is 51.8 Å². The van der Waals surface area contributed by atoms with Gasteiger partial charge in [0.1, 0.15) is 11.9 Å². The highest BCUT2D eigenvalue weighted by molar-refractivity contribution is 6.05. The lowest BCUT2D eigenvalue weighted by molar-refractivity contribution is -0.124. The molecule has 2 aromatic carbocycles. The molecular formula is C26H30FN5O4. The SMILES string of the molecule is CCCCCn1nc(C(=O)NNC(=O)[C@@H](NC(=O)c2ccc(F)cc2)C(C)C)c2ccccc2c1=O. The number of rotatable bonds is 9. The van der Waals surface area contributed by atoms with Gasteiger partial charge in [0.15, 0.2) is 5.69 Å². The van der Waals surface area contributed by atoms with Crippen molar-refractivity contribution in [2.75, 3.05) is 0 Å². The minimum atomic E-state index is -0.976. The fourth-order valence-corrected chi connectivity index (χ4v) is 3.68. The van der Waals surface area contributed by atoms with Crippen molar-refractivity contribution in [3.8, 4) is 0 Å². The average molecular weight is 496 g/mol. The molecule has 9 nitrogen and oxygen atoms in total. The van der Waals surface area contributed by atoms with Crippen molar-refractivity contribution >= 4 is 28.5 Å². The Kier molecular flexibility index (Phi) is 8.88. The molecule has 0 aliphatic heterocycles. The molecule has 0 spiro atoms. The molecule has 0 saturated heterocycles. The minimum Gasteiger partial charge on any atom is -0.340 e. The van der Waals surface area contributed by atoms with Crippen LogP contribution in [-0.2, 0) is 11.3 Å². The molecule has 3 amide bonds. The van der Waals surface area contributed by atoms with Crippen molar-refractivity contribution in [1.29, 1.82) is 0 Å². The van der Waals surface area contributed by atoms with Crippen molar-refractivity contribution in [1.82, 2.24) is 25.9 Å². The zero-order chi connectivity index (χ0) is 26.2. The van der Waals surface area contributed by atoms with Gasteiger partial charge in [0.05, 0.1) is 5.39 Å². The molecule has 0 unspecified atom stereocenters. The standard InChI is InChI=1S/C26H30FN5O4/c1-4-5-8-15-32-26(36)20-10-7-6-9-19(20)22(31-32)25(35)30-29-24(34)21(16(2)3)28-23(33)17-11-13-18(27)14-12-17/h6-7,9-14,16,21H,4-5,8,15H2,1-3H3,(H,28,33)(H,29,34)(H,30,35)/t21-/m0/s1. The predicted molar refractivity (Wildman–Crippen MR) is 134 cm³/mol. The number of unbranched alkanes of at least 4 members (excludes halogenated alkanes) is 2. The smallest absolute Gasteiger partial charge is 0.290 e. The highest BCUT2D eigenvalue weighted by atomic mass is 19.1. The molecule has 0 aliphatic rings. The molecule has 190 valence electrons. The van der Waals surface area contributed by atoms with Gasteiger partial charge in [-0.05, 0) is 42.7 Å². The summed E-state index contributed by atoms with van der Waals surface area (Å²) in [6.45, 7) is 5.89. The molecule has 36 heavy (non-hydrogen) atoms. The number of aryl methyl sites for hydroxylation is 1. The Morgan fingerprint density at radius 3 is 2.25 bits per heavy atom. The van der Waals surface area contributed by atoms with Crippen LogP contribution in [0.5, 0.6) is 0 Å². The summed E-state index contributed by atoms with van der Waals surface area (Å²) in [5.41, 5.74) is 4.59. The van der Waals surface area contributed by atoms with Crippen molar-refractivity contribution in [2.24, 2.45) is 5.92 Å². The number of halogens is 1. The lowest BCUT2D eigenvalue weighted by Crippen LogP contribution is -2.54. The highest BCUT2D eigenvalue weighted by Gasteiger charge is 2.26. The van der Waals surface area contributed by atoms with Gasteiger partial charge in [-0.3, -0.25) is 30.0 Å². The van der Waals surface area contributed by atoms with E-state index in [2.05, 4.69) is 21.3 Å². The summed E-state index contributed by atoms with van der Waals surface area (Å²) in [6.07, 6.45) is 2.62. The van der Waals surface area contributed by atoms with Crippen LogP contribution < -0.4 is 21.7 Å². The first-order valence-electron chi connectivity index (χ1n) is 11.9. The van der Waals surface area contributed by atoms with Gasteiger partial charge in [-0.2, -0.15) is 5.10 Å². The normalized spacial score (nSPS) is 11.8. The lowest BCUT2D eigenvalue weighted by atomic mass is 10.0. The molecule has 0 aliphatic carbocycles. The lowest BCUT2D eigenvalue weighted by Gasteiger charge is -2.22. The first-order valence-corrected chi connectivity index (χ1v) is 11.9. The maximum Gasteiger partial charge on any atom is 0.290 e. The van der Waals surface area contributed by atoms with E-state index in [1.54, 1.807) is 38.1 Å². The third kappa shape index (κ3) is 6.32. The fraction of sp³-hybridized carbons (Fsp3) is 0.346. The van der Waals surface area contributed by atoms with Gasteiger partial charge in [0.2, 0.25) is 0 Å². The number of carbonyl (C=O) groups excluding carboxylic acids is 3. The third-order valence-electron chi connectivity index (χ3n) is 5.70. The molecule has 3 aromatic rings. The van der Waals surface area contributed by atoms with Crippen LogP contribution in [0.15, 0.2) is 53.3 Å². The number of nitrogens with zero attached hydrogens (tertiary/aromatic N) is 2. The van der Waals surface area contributed by atoms with E-state index in [9.17, 15) is 23.6 Å². The van der Waals surface area contributed by atoms with E-state index in [1.807, 2.05) is 6.92 Å². The van der Waals surface area contributed by atoms with Crippen LogP contribution in [0.25, 0.3) is 10.8 Å². The van der Waals surface area contributed by atoms with Crippen molar-refractivity contribution < 1.29 is 18.8 Å². The van der Waals surface area contributed by atoms with Crippen molar-refractivity contribution in [3.05, 3.63) is 76.0 Å². The topological polar surface area (TPSA) is 122 Å². The van der Waals surface area contributed by atoms with E-state index in [0.717, 1.165) is 31.4 Å². The first-order chi connectivity index (χ1) is 17.2. The quantitative estimate of drug-likeness (QED) is 0.311. The summed E-state index contributed by atoms with van der Waals surface area (Å²) in [5.74, 6) is -2.69. The number of aromatic nitrogens is 2. The molecule has 0 fully saturated rings. The van der Waals surface area contributed by atoms with E-state index in [-0.39, 0.29) is 22.7 Å². The number of nitrogens with one attached hydrogen (secondary N) is 3. The van der Waals surface area contributed by atoms with Crippen LogP contribution >= 0.6 is 0 Å². The Hall–Kier alpha value is -4.08. The number of hydrazine groups is 1. The largest absolute Gasteiger partial charge is 0.340 e. The summed E-state index contributed by atoms with van der Waals surface area (Å²) in [5, 5.41) is 7.59. The third-order valence-corrected chi connectivity index (χ3v) is 5.70. The van der Waals surface area contributed by atoms with Crippen molar-refractivity contribution in [2.45, 2.75) is 52.6 Å². The van der Waals surface area contributed by atoms with Crippen LogP contribution in [0.1, 0.15) is 60.9 Å². The number of carbonyl (C=O) groups is 3. The Balaban J connectivity index is 1.76. The number of benzene rings is 2. The van der Waals surface area contributed by atoms with E-state index >= 15 is 0 Å². The molecule has 1 aromatic heterocycles. The molecule has 1 atom stereocenters. The molecule has 0 radical (unpaired) electrons. The molecule has 10 heteroatoms. The minimum absolute atomic E-state index is 0.00144. The van der Waals surface area contributed by atoms with Gasteiger partial charge < -0.3 is 5.32 Å². The summed E-state index contributed by atoms with van der Waals surface area (Å²) < 4.78 is 14.4. The van der Waals surface area contributed by atoms with E-state index in [1.165, 1.54) is 16.8 Å². The highest BCUT2D eigenvalue weighted by Crippen LogP contribution is 2.14. The van der Waals surface area contributed by atoms with Gasteiger partial charge in [-0.15, -0.1) is 0 Å². The maximum atomic E-state index is 13.1. The molecular weight excluding hydrogens is 465 g/mol. The second-order valence-electron chi connectivity index (χ2n) is 8.78. The zero-order valence-electron chi connectivity index (χ0n) is 20.5. The molecule has 3 rings (SSSR count). The Labute approximate surface area is 208 Å². The monoisotopic (exact) mass is 495 g/mol. The van der Waals surface area contributed by atoms with Gasteiger partial charge in [0, 0.05) is 17.5 Å². The van der Waals surface area contributed by atoms with Crippen molar-refractivity contribution in [3.63, 3.8) is 0 Å². The summed E-state index contributed by atoms with van der Waals surface area (Å²) in [6, 6.07) is 10.6. The van der Waals surface area contributed by atoms with Crippen LogP contribution in [0.4, 0.5) is 4.39 Å². The van der Waals surface area contributed by atoms with Crippen LogP contribution in [-0.4, -0.2) is 33.5 Å². The fourth-order valence-electron chi connectivity index (χ4n) is 3.68. The summed E-state index contributed by atoms with van der Waals surface area (Å²) in [4.78, 5) is 51.1. The molecule has 3 N–H and O–H groups in total. The van der Waals surface area contributed by atoms with E-state index in [0.29, 0.717) is 17.3 Å². The van der Waals surface area contributed by atoms with E-state index in [4.69, 9.17) is 0 Å². The second kappa shape index (κ2) is 12.1. The van der Waals surface area contributed by atoms with Gasteiger partial charge in [0.25, 0.3) is 23.3 Å². The number of hydrogen-bond donors (Lipinski definition) is 3. The van der Waals surface area contributed by atoms with Gasteiger partial charge >= 0.3 is 0 Å². The average Bonchev–Trinajstić information content (AvgIpc) is 2.87. The molecule has 0 bridgehead atoms. The first kappa shape index (κ1) is 26.5. The zero-order valence-corrected chi connectivity index (χ0v) is 20.5. The van der Waals surface area contributed by atoms with Gasteiger partial charge in [-0.25, -0.2) is 9.07 Å². The van der Waals surface area contributed by atoms with Crippen LogP contribution in [0.2, 0.25) is 0 Å². The van der Waals surface area contributed by atoms with Crippen LogP contribution in [0, 0.1) is 11.7 Å². The molecule has 1 heterocycles. The summed E-state index contributed by atoms with van der Waals surface area (Å²) >= 11 is 0.